The second-order valence-corrected chi connectivity index (χ2v) is 5.50. The van der Waals surface area contributed by atoms with Crippen molar-refractivity contribution in [3.63, 3.8) is 0 Å². The third kappa shape index (κ3) is 6.51. The number of amides is 2. The topological polar surface area (TPSA) is 67.4 Å². The van der Waals surface area contributed by atoms with Gasteiger partial charge in [0.25, 0.3) is 5.91 Å². The maximum Gasteiger partial charge on any atom is 0.254 e. The molecule has 2 N–H and O–H groups in total. The predicted molar refractivity (Wildman–Crippen MR) is 92.9 cm³/mol. The first-order valence-corrected chi connectivity index (χ1v) is 8.24. The molecule has 2 rings (SSSR count). The van der Waals surface area contributed by atoms with Gasteiger partial charge < -0.3 is 15.4 Å². The van der Waals surface area contributed by atoms with Gasteiger partial charge >= 0.3 is 0 Å². The summed E-state index contributed by atoms with van der Waals surface area (Å²) >= 11 is 0. The maximum atomic E-state index is 13.5. The summed E-state index contributed by atoms with van der Waals surface area (Å²) in [5, 5.41) is 5.21. The van der Waals surface area contributed by atoms with Crippen LogP contribution in [0.15, 0.2) is 48.5 Å². The van der Waals surface area contributed by atoms with Crippen molar-refractivity contribution in [1.82, 2.24) is 10.6 Å². The van der Waals surface area contributed by atoms with E-state index in [1.165, 1.54) is 0 Å². The molecule has 0 atom stereocenters. The van der Waals surface area contributed by atoms with Gasteiger partial charge in [0.05, 0.1) is 12.1 Å². The van der Waals surface area contributed by atoms with Gasteiger partial charge in [-0.15, -0.1) is 0 Å². The number of hydrogen-bond donors (Lipinski definition) is 2. The fourth-order valence-corrected chi connectivity index (χ4v) is 2.18. The lowest BCUT2D eigenvalue weighted by molar-refractivity contribution is -0.121. The Hall–Kier alpha value is -2.96. The molecule has 0 bridgehead atoms. The minimum Gasteiger partial charge on any atom is -0.492 e. The predicted octanol–water partition coefficient (Wildman–Crippen LogP) is 2.67. The summed E-state index contributed by atoms with van der Waals surface area (Å²) in [6, 6.07) is 12.0. The molecule has 0 saturated carbocycles. The average molecular weight is 362 g/mol. The Bertz CT molecular complexity index is 739. The lowest BCUT2D eigenvalue weighted by Crippen LogP contribution is -2.30. The van der Waals surface area contributed by atoms with Gasteiger partial charge in [-0.05, 0) is 30.7 Å². The van der Waals surface area contributed by atoms with E-state index in [-0.39, 0.29) is 24.4 Å². The number of hydrogen-bond acceptors (Lipinski definition) is 3. The normalized spacial score (nSPS) is 10.2. The molecule has 0 radical (unpaired) electrons. The van der Waals surface area contributed by atoms with Crippen molar-refractivity contribution in [2.45, 2.75) is 12.8 Å². The fraction of sp³-hybridized carbons (Fsp3) is 0.263. The number of carbonyl (C=O) groups excluding carboxylic acids is 2. The zero-order valence-electron chi connectivity index (χ0n) is 14.1. The molecule has 2 aromatic carbocycles. The smallest absolute Gasteiger partial charge is 0.254 e. The zero-order chi connectivity index (χ0) is 18.8. The monoisotopic (exact) mass is 362 g/mol. The maximum absolute atomic E-state index is 13.5. The summed E-state index contributed by atoms with van der Waals surface area (Å²) in [6.45, 7) is 0.945. The van der Waals surface area contributed by atoms with Gasteiger partial charge in [0.1, 0.15) is 24.0 Å². The zero-order valence-corrected chi connectivity index (χ0v) is 14.1. The third-order valence-electron chi connectivity index (χ3n) is 3.48. The first-order valence-electron chi connectivity index (χ1n) is 8.24. The van der Waals surface area contributed by atoms with Crippen LogP contribution < -0.4 is 15.4 Å². The number of para-hydroxylation sites is 1. The first-order chi connectivity index (χ1) is 12.6. The van der Waals surface area contributed by atoms with Gasteiger partial charge in [0.2, 0.25) is 5.91 Å². The number of halogens is 2. The van der Waals surface area contributed by atoms with Gasteiger partial charge in [-0.25, -0.2) is 8.78 Å². The van der Waals surface area contributed by atoms with Crippen LogP contribution in [-0.4, -0.2) is 31.5 Å². The number of rotatable bonds is 9. The highest BCUT2D eigenvalue weighted by molar-refractivity contribution is 5.94. The molecule has 0 unspecified atom stereocenters. The van der Waals surface area contributed by atoms with Crippen LogP contribution in [0.5, 0.6) is 5.75 Å². The Morgan fingerprint density at radius 3 is 2.46 bits per heavy atom. The molecular weight excluding hydrogens is 342 g/mol. The van der Waals surface area contributed by atoms with Crippen LogP contribution in [0, 0.1) is 11.6 Å². The van der Waals surface area contributed by atoms with Crippen LogP contribution in [0.4, 0.5) is 8.78 Å². The molecule has 7 heteroatoms. The summed E-state index contributed by atoms with van der Waals surface area (Å²) in [6.07, 6.45) is 0.622. The molecule has 0 heterocycles. The molecule has 0 aliphatic carbocycles. The van der Waals surface area contributed by atoms with Crippen LogP contribution in [-0.2, 0) is 4.79 Å². The summed E-state index contributed by atoms with van der Waals surface area (Å²) in [5.74, 6) is -1.73. The Morgan fingerprint density at radius 2 is 1.73 bits per heavy atom. The SMILES string of the molecule is O=C(CCCNC(=O)c1ccc(F)cc1F)NCCOc1ccccc1. The second-order valence-electron chi connectivity index (χ2n) is 5.50. The van der Waals surface area contributed by atoms with E-state index >= 15 is 0 Å². The van der Waals surface area contributed by atoms with Gasteiger partial charge in [0, 0.05) is 19.0 Å². The molecule has 0 aromatic heterocycles. The highest BCUT2D eigenvalue weighted by Crippen LogP contribution is 2.09. The number of ether oxygens (including phenoxy) is 1. The number of nitrogens with one attached hydrogen (secondary N) is 2. The van der Waals surface area contributed by atoms with E-state index in [9.17, 15) is 18.4 Å². The summed E-state index contributed by atoms with van der Waals surface area (Å²) in [4.78, 5) is 23.5. The summed E-state index contributed by atoms with van der Waals surface area (Å²) < 4.78 is 31.7. The largest absolute Gasteiger partial charge is 0.492 e. The number of carbonyl (C=O) groups is 2. The van der Waals surface area contributed by atoms with Crippen LogP contribution in [0.2, 0.25) is 0 Å². The Labute approximate surface area is 150 Å². The van der Waals surface area contributed by atoms with Crippen molar-refractivity contribution in [3.8, 4) is 5.75 Å². The van der Waals surface area contributed by atoms with Gasteiger partial charge in [-0.1, -0.05) is 18.2 Å². The fourth-order valence-electron chi connectivity index (χ4n) is 2.18. The van der Waals surface area contributed by atoms with Crippen LogP contribution in [0.3, 0.4) is 0 Å². The molecule has 138 valence electrons. The highest BCUT2D eigenvalue weighted by Gasteiger charge is 2.12. The van der Waals surface area contributed by atoms with E-state index in [0.29, 0.717) is 25.6 Å². The van der Waals surface area contributed by atoms with Crippen molar-refractivity contribution < 1.29 is 23.1 Å². The van der Waals surface area contributed by atoms with Crippen molar-refractivity contribution in [1.29, 1.82) is 0 Å². The van der Waals surface area contributed by atoms with Crippen molar-refractivity contribution in [3.05, 3.63) is 65.7 Å². The van der Waals surface area contributed by atoms with Crippen LogP contribution >= 0.6 is 0 Å². The molecule has 2 aromatic rings. The molecule has 0 spiro atoms. The average Bonchev–Trinajstić information content (AvgIpc) is 2.63. The quantitative estimate of drug-likeness (QED) is 0.674. The van der Waals surface area contributed by atoms with E-state index < -0.39 is 17.5 Å². The van der Waals surface area contributed by atoms with Crippen molar-refractivity contribution >= 4 is 11.8 Å². The summed E-state index contributed by atoms with van der Waals surface area (Å²) in [5.41, 5.74) is -0.228. The molecule has 5 nitrogen and oxygen atoms in total. The molecule has 0 fully saturated rings. The van der Waals surface area contributed by atoms with E-state index in [4.69, 9.17) is 4.74 Å². The first kappa shape index (κ1) is 19.4. The molecule has 0 aliphatic rings. The Balaban J connectivity index is 1.57. The minimum absolute atomic E-state index is 0.163. The Kier molecular flexibility index (Phi) is 7.54. The van der Waals surface area contributed by atoms with Crippen LogP contribution in [0.25, 0.3) is 0 Å². The van der Waals surface area contributed by atoms with Crippen molar-refractivity contribution in [2.75, 3.05) is 19.7 Å². The van der Waals surface area contributed by atoms with E-state index in [1.807, 2.05) is 30.3 Å². The van der Waals surface area contributed by atoms with Gasteiger partial charge in [-0.2, -0.15) is 0 Å². The molecule has 0 aliphatic heterocycles. The lowest BCUT2D eigenvalue weighted by atomic mass is 10.2. The third-order valence-corrected chi connectivity index (χ3v) is 3.48. The number of benzene rings is 2. The molecule has 26 heavy (non-hydrogen) atoms. The van der Waals surface area contributed by atoms with E-state index in [0.717, 1.165) is 17.9 Å². The Morgan fingerprint density at radius 1 is 0.962 bits per heavy atom. The van der Waals surface area contributed by atoms with E-state index in [1.54, 1.807) is 0 Å². The van der Waals surface area contributed by atoms with Gasteiger partial charge in [-0.3, -0.25) is 9.59 Å². The lowest BCUT2D eigenvalue weighted by Gasteiger charge is -2.08. The summed E-state index contributed by atoms with van der Waals surface area (Å²) in [7, 11) is 0. The van der Waals surface area contributed by atoms with Gasteiger partial charge in [0.15, 0.2) is 0 Å². The molecular formula is C19H20F2N2O3. The standard InChI is InChI=1S/C19H20F2N2O3/c20-14-8-9-16(17(21)13-14)19(25)23-10-4-7-18(24)22-11-12-26-15-5-2-1-3-6-15/h1-3,5-6,8-9,13H,4,7,10-12H2,(H,22,24)(H,23,25). The highest BCUT2D eigenvalue weighted by atomic mass is 19.1. The van der Waals surface area contributed by atoms with Crippen LogP contribution in [0.1, 0.15) is 23.2 Å². The molecule has 2 amide bonds. The second kappa shape index (κ2) is 10.1. The van der Waals surface area contributed by atoms with Crippen molar-refractivity contribution in [2.24, 2.45) is 0 Å². The molecule has 0 saturated heterocycles. The minimum atomic E-state index is -0.918. The van der Waals surface area contributed by atoms with E-state index in [2.05, 4.69) is 10.6 Å².